The second-order valence-corrected chi connectivity index (χ2v) is 5.61. The van der Waals surface area contributed by atoms with E-state index >= 15 is 0 Å². The van der Waals surface area contributed by atoms with E-state index in [1.807, 2.05) is 4.68 Å². The van der Waals surface area contributed by atoms with Crippen LogP contribution in [0.1, 0.15) is 61.6 Å². The highest BCUT2D eigenvalue weighted by atomic mass is 35.5. The first-order valence-electron chi connectivity index (χ1n) is 6.35. The molecule has 1 aromatic heterocycles. The van der Waals surface area contributed by atoms with E-state index in [0.717, 1.165) is 31.2 Å². The van der Waals surface area contributed by atoms with E-state index in [1.165, 1.54) is 12.8 Å². The predicted octanol–water partition coefficient (Wildman–Crippen LogP) is 3.66. The predicted molar refractivity (Wildman–Crippen MR) is 68.7 cm³/mol. The largest absolute Gasteiger partial charge is 0.298 e. The summed E-state index contributed by atoms with van der Waals surface area (Å²) in [6.07, 6.45) is 6.38. The number of carbonyl (C=O) groups excluding carboxylic acids is 1. The lowest BCUT2D eigenvalue weighted by Gasteiger charge is -2.10. The van der Waals surface area contributed by atoms with Crippen LogP contribution in [0.5, 0.6) is 0 Å². The number of aldehydes is 1. The number of aromatic nitrogens is 2. The summed E-state index contributed by atoms with van der Waals surface area (Å²) in [5.41, 5.74) is 1.44. The highest BCUT2D eigenvalue weighted by molar-refractivity contribution is 6.32. The lowest BCUT2D eigenvalue weighted by molar-refractivity contribution is 0.112. The summed E-state index contributed by atoms with van der Waals surface area (Å²) in [4.78, 5) is 11.1. The van der Waals surface area contributed by atoms with Gasteiger partial charge < -0.3 is 0 Å². The Morgan fingerprint density at radius 3 is 2.65 bits per heavy atom. The zero-order valence-electron chi connectivity index (χ0n) is 10.4. The van der Waals surface area contributed by atoms with Gasteiger partial charge in [-0.25, -0.2) is 4.68 Å². The zero-order chi connectivity index (χ0) is 12.4. The molecule has 2 rings (SSSR count). The molecule has 4 heteroatoms. The Kier molecular flexibility index (Phi) is 3.87. The summed E-state index contributed by atoms with van der Waals surface area (Å²) in [7, 11) is 0. The van der Waals surface area contributed by atoms with Crippen LogP contribution < -0.4 is 0 Å². The molecule has 0 bridgehead atoms. The molecule has 0 spiro atoms. The molecule has 17 heavy (non-hydrogen) atoms. The number of hydrogen-bond acceptors (Lipinski definition) is 2. The molecule has 0 aliphatic heterocycles. The minimum atomic E-state index is 0.391. The Hall–Kier alpha value is -0.830. The first-order chi connectivity index (χ1) is 8.13. The summed E-state index contributed by atoms with van der Waals surface area (Å²) < 4.78 is 1.87. The van der Waals surface area contributed by atoms with Gasteiger partial charge in [0.2, 0.25) is 0 Å². The van der Waals surface area contributed by atoms with Crippen LogP contribution in [-0.2, 0) is 6.42 Å². The minimum absolute atomic E-state index is 0.391. The quantitative estimate of drug-likeness (QED) is 0.769. The molecule has 1 aliphatic rings. The molecule has 0 saturated heterocycles. The van der Waals surface area contributed by atoms with Gasteiger partial charge in [0.1, 0.15) is 5.15 Å². The number of hydrogen-bond donors (Lipinski definition) is 0. The van der Waals surface area contributed by atoms with Crippen molar-refractivity contribution in [2.45, 2.75) is 52.0 Å². The molecule has 1 heterocycles. The van der Waals surface area contributed by atoms with Gasteiger partial charge in [0, 0.05) is 0 Å². The number of rotatable bonds is 4. The molecule has 3 nitrogen and oxygen atoms in total. The van der Waals surface area contributed by atoms with Crippen LogP contribution in [-0.4, -0.2) is 16.1 Å². The van der Waals surface area contributed by atoms with E-state index in [4.69, 9.17) is 11.6 Å². The van der Waals surface area contributed by atoms with Crippen molar-refractivity contribution in [3.05, 3.63) is 16.4 Å². The van der Waals surface area contributed by atoms with Crippen LogP contribution in [0.25, 0.3) is 0 Å². The van der Waals surface area contributed by atoms with Crippen molar-refractivity contribution in [3.63, 3.8) is 0 Å². The maximum Gasteiger partial charge on any atom is 0.155 e. The van der Waals surface area contributed by atoms with Gasteiger partial charge in [-0.05, 0) is 25.2 Å². The molecule has 94 valence electrons. The topological polar surface area (TPSA) is 34.9 Å². The molecule has 1 aromatic rings. The van der Waals surface area contributed by atoms with Gasteiger partial charge in [0.25, 0.3) is 0 Å². The molecular weight excluding hydrogens is 236 g/mol. The van der Waals surface area contributed by atoms with Gasteiger partial charge in [-0.2, -0.15) is 5.10 Å². The standard InChI is InChI=1S/C13H19ClN2O/c1-9(2)7-12-11(8-17)13(14)16(15-12)10-5-3-4-6-10/h8-10H,3-7H2,1-2H3. The Labute approximate surface area is 107 Å². The van der Waals surface area contributed by atoms with Gasteiger partial charge in [-0.15, -0.1) is 0 Å². The van der Waals surface area contributed by atoms with Crippen LogP contribution >= 0.6 is 11.6 Å². The molecule has 0 unspecified atom stereocenters. The van der Waals surface area contributed by atoms with E-state index in [9.17, 15) is 4.79 Å². The lowest BCUT2D eigenvalue weighted by Crippen LogP contribution is -2.07. The second kappa shape index (κ2) is 5.21. The summed E-state index contributed by atoms with van der Waals surface area (Å²) >= 11 is 6.26. The first-order valence-corrected chi connectivity index (χ1v) is 6.73. The van der Waals surface area contributed by atoms with E-state index < -0.39 is 0 Å². The zero-order valence-corrected chi connectivity index (χ0v) is 11.2. The average Bonchev–Trinajstić information content (AvgIpc) is 2.86. The Morgan fingerprint density at radius 2 is 2.12 bits per heavy atom. The molecule has 0 radical (unpaired) electrons. The van der Waals surface area contributed by atoms with Gasteiger partial charge in [0.15, 0.2) is 6.29 Å². The van der Waals surface area contributed by atoms with Gasteiger partial charge in [0.05, 0.1) is 17.3 Å². The van der Waals surface area contributed by atoms with Gasteiger partial charge in [-0.3, -0.25) is 4.79 Å². The van der Waals surface area contributed by atoms with E-state index in [-0.39, 0.29) is 0 Å². The van der Waals surface area contributed by atoms with Crippen molar-refractivity contribution in [3.8, 4) is 0 Å². The average molecular weight is 255 g/mol. The lowest BCUT2D eigenvalue weighted by atomic mass is 10.1. The van der Waals surface area contributed by atoms with Crippen LogP contribution in [0.4, 0.5) is 0 Å². The van der Waals surface area contributed by atoms with Crippen molar-refractivity contribution < 1.29 is 4.79 Å². The monoisotopic (exact) mass is 254 g/mol. The third-order valence-corrected chi connectivity index (χ3v) is 3.73. The van der Waals surface area contributed by atoms with Crippen molar-refractivity contribution in [1.29, 1.82) is 0 Å². The molecular formula is C13H19ClN2O. The highest BCUT2D eigenvalue weighted by Crippen LogP contribution is 2.33. The SMILES string of the molecule is CC(C)Cc1nn(C2CCCC2)c(Cl)c1C=O. The maximum absolute atomic E-state index is 11.1. The van der Waals surface area contributed by atoms with Crippen molar-refractivity contribution in [1.82, 2.24) is 9.78 Å². The minimum Gasteiger partial charge on any atom is -0.298 e. The van der Waals surface area contributed by atoms with Crippen LogP contribution in [0.15, 0.2) is 0 Å². The molecule has 0 aromatic carbocycles. The fraction of sp³-hybridized carbons (Fsp3) is 0.692. The number of carbonyl (C=O) groups is 1. The van der Waals surface area contributed by atoms with Gasteiger partial charge in [-0.1, -0.05) is 38.3 Å². The summed E-state index contributed by atoms with van der Waals surface area (Å²) in [6, 6.07) is 0.391. The second-order valence-electron chi connectivity index (χ2n) is 5.25. The van der Waals surface area contributed by atoms with E-state index in [0.29, 0.717) is 22.7 Å². The van der Waals surface area contributed by atoms with Crippen molar-refractivity contribution >= 4 is 17.9 Å². The molecule has 1 aliphatic carbocycles. The smallest absolute Gasteiger partial charge is 0.155 e. The maximum atomic E-state index is 11.1. The summed E-state index contributed by atoms with van der Waals surface area (Å²) in [5, 5.41) is 5.09. The fourth-order valence-electron chi connectivity index (χ4n) is 2.52. The van der Waals surface area contributed by atoms with Crippen LogP contribution in [0.2, 0.25) is 5.15 Å². The highest BCUT2D eigenvalue weighted by Gasteiger charge is 2.24. The van der Waals surface area contributed by atoms with Crippen LogP contribution in [0, 0.1) is 5.92 Å². The molecule has 0 amide bonds. The third kappa shape index (κ3) is 2.54. The number of halogens is 1. The molecule has 0 atom stereocenters. The fourth-order valence-corrected chi connectivity index (χ4v) is 2.84. The Morgan fingerprint density at radius 1 is 1.47 bits per heavy atom. The third-order valence-electron chi connectivity index (χ3n) is 3.35. The Balaban J connectivity index is 2.33. The van der Waals surface area contributed by atoms with Gasteiger partial charge >= 0.3 is 0 Å². The van der Waals surface area contributed by atoms with E-state index in [1.54, 1.807) is 0 Å². The normalized spacial score (nSPS) is 16.9. The molecule has 1 fully saturated rings. The summed E-state index contributed by atoms with van der Waals surface area (Å²) in [5.74, 6) is 0.483. The molecule has 1 saturated carbocycles. The summed E-state index contributed by atoms with van der Waals surface area (Å²) in [6.45, 7) is 4.24. The van der Waals surface area contributed by atoms with Crippen molar-refractivity contribution in [2.75, 3.05) is 0 Å². The number of nitrogens with zero attached hydrogens (tertiary/aromatic N) is 2. The Bertz CT molecular complexity index is 406. The molecule has 0 N–H and O–H groups in total. The van der Waals surface area contributed by atoms with Crippen LogP contribution in [0.3, 0.4) is 0 Å². The van der Waals surface area contributed by atoms with Crippen molar-refractivity contribution in [2.24, 2.45) is 5.92 Å². The van der Waals surface area contributed by atoms with E-state index in [2.05, 4.69) is 18.9 Å². The first kappa shape index (κ1) is 12.6.